The highest BCUT2D eigenvalue weighted by molar-refractivity contribution is 5.83. The van der Waals surface area contributed by atoms with Crippen LogP contribution in [0.2, 0.25) is 0 Å². The van der Waals surface area contributed by atoms with Gasteiger partial charge >= 0.3 is 5.97 Å². The van der Waals surface area contributed by atoms with Crippen molar-refractivity contribution in [2.75, 3.05) is 6.61 Å². The Hall–Kier alpha value is -3.35. The van der Waals surface area contributed by atoms with E-state index in [1.807, 2.05) is 19.1 Å². The molecule has 1 atom stereocenters. The van der Waals surface area contributed by atoms with Crippen molar-refractivity contribution in [3.8, 4) is 11.5 Å². The number of amides is 1. The number of carbonyl (C=O) groups excluding carboxylic acids is 1. The number of benzene rings is 2. The van der Waals surface area contributed by atoms with Crippen molar-refractivity contribution in [2.24, 2.45) is 5.10 Å². The Morgan fingerprint density at radius 1 is 1.18 bits per heavy atom. The van der Waals surface area contributed by atoms with E-state index in [1.54, 1.807) is 24.3 Å². The van der Waals surface area contributed by atoms with Gasteiger partial charge in [-0.2, -0.15) is 5.10 Å². The molecule has 0 unspecified atom stereocenters. The van der Waals surface area contributed by atoms with E-state index in [9.17, 15) is 9.59 Å². The molecule has 0 radical (unpaired) electrons. The van der Waals surface area contributed by atoms with Crippen molar-refractivity contribution in [2.45, 2.75) is 33.3 Å². The summed E-state index contributed by atoms with van der Waals surface area (Å²) in [6.07, 6.45) is 1.44. The first-order valence-corrected chi connectivity index (χ1v) is 8.92. The Morgan fingerprint density at radius 3 is 2.54 bits per heavy atom. The zero-order valence-electron chi connectivity index (χ0n) is 16.1. The lowest BCUT2D eigenvalue weighted by molar-refractivity contribution is -0.144. The summed E-state index contributed by atoms with van der Waals surface area (Å²) in [6.45, 7) is 5.36. The minimum Gasteiger partial charge on any atom is -0.484 e. The number of nitrogens with zero attached hydrogens (tertiary/aromatic N) is 1. The van der Waals surface area contributed by atoms with Gasteiger partial charge < -0.3 is 14.6 Å². The first kappa shape index (κ1) is 21.0. The maximum atomic E-state index is 11.9. The minimum absolute atomic E-state index is 0.135. The van der Waals surface area contributed by atoms with Gasteiger partial charge in [0.05, 0.1) is 6.21 Å². The van der Waals surface area contributed by atoms with Gasteiger partial charge in [-0.3, -0.25) is 4.79 Å². The van der Waals surface area contributed by atoms with Crippen LogP contribution in [0.15, 0.2) is 47.6 Å². The van der Waals surface area contributed by atoms with Crippen LogP contribution in [0.25, 0.3) is 0 Å². The number of carboxylic acids is 1. The van der Waals surface area contributed by atoms with Gasteiger partial charge in [-0.15, -0.1) is 0 Å². The van der Waals surface area contributed by atoms with Crippen LogP contribution in [0, 0.1) is 6.92 Å². The second-order valence-electron chi connectivity index (χ2n) is 6.26. The summed E-state index contributed by atoms with van der Waals surface area (Å²) >= 11 is 0. The van der Waals surface area contributed by atoms with Gasteiger partial charge in [0.1, 0.15) is 11.5 Å². The zero-order chi connectivity index (χ0) is 20.5. The summed E-state index contributed by atoms with van der Waals surface area (Å²) in [4.78, 5) is 22.6. The third-order valence-electron chi connectivity index (χ3n) is 3.83. The zero-order valence-corrected chi connectivity index (χ0v) is 16.1. The number of nitrogens with one attached hydrogen (secondary N) is 1. The molecular formula is C21H24N2O5. The first-order chi connectivity index (χ1) is 13.4. The van der Waals surface area contributed by atoms with E-state index in [0.717, 1.165) is 23.1 Å². The molecule has 0 heterocycles. The molecule has 0 aliphatic rings. The van der Waals surface area contributed by atoms with Gasteiger partial charge in [-0.25, -0.2) is 10.2 Å². The normalized spacial score (nSPS) is 11.8. The van der Waals surface area contributed by atoms with Gasteiger partial charge in [0.15, 0.2) is 12.7 Å². The molecular weight excluding hydrogens is 360 g/mol. The van der Waals surface area contributed by atoms with Gasteiger partial charge in [0, 0.05) is 0 Å². The number of rotatable bonds is 9. The maximum Gasteiger partial charge on any atom is 0.344 e. The summed E-state index contributed by atoms with van der Waals surface area (Å²) in [5.41, 5.74) is 5.36. The van der Waals surface area contributed by atoms with Crippen molar-refractivity contribution in [3.63, 3.8) is 0 Å². The number of carbonyl (C=O) groups is 2. The highest BCUT2D eigenvalue weighted by atomic mass is 16.5. The van der Waals surface area contributed by atoms with E-state index in [1.165, 1.54) is 13.1 Å². The SMILES string of the molecule is CCc1cc(C)cc(OCC(=O)N/N=C/c2ccc(O[C@@H](C)C(=O)O)cc2)c1. The van der Waals surface area contributed by atoms with E-state index in [0.29, 0.717) is 11.5 Å². The summed E-state index contributed by atoms with van der Waals surface area (Å²) < 4.78 is 10.8. The number of ether oxygens (including phenoxy) is 2. The molecule has 0 saturated carbocycles. The lowest BCUT2D eigenvalue weighted by Gasteiger charge is -2.10. The van der Waals surface area contributed by atoms with Crippen molar-refractivity contribution < 1.29 is 24.2 Å². The van der Waals surface area contributed by atoms with E-state index >= 15 is 0 Å². The standard InChI is InChI=1S/C21H24N2O5/c1-4-16-9-14(2)10-19(11-16)27-13-20(24)23-22-12-17-5-7-18(8-6-17)28-15(3)21(25)26/h5-12,15H,4,13H2,1-3H3,(H,23,24)(H,25,26)/b22-12+/t15-/m0/s1. The van der Waals surface area contributed by atoms with Crippen molar-refractivity contribution in [1.29, 1.82) is 0 Å². The molecule has 0 spiro atoms. The van der Waals surface area contributed by atoms with Gasteiger partial charge in [0.2, 0.25) is 0 Å². The Balaban J connectivity index is 1.81. The molecule has 2 aromatic carbocycles. The highest BCUT2D eigenvalue weighted by Crippen LogP contribution is 2.17. The minimum atomic E-state index is -1.04. The van der Waals surface area contributed by atoms with Crippen LogP contribution < -0.4 is 14.9 Å². The quantitative estimate of drug-likeness (QED) is 0.512. The average molecular weight is 384 g/mol. The fourth-order valence-electron chi connectivity index (χ4n) is 2.36. The predicted octanol–water partition coefficient (Wildman–Crippen LogP) is 2.94. The van der Waals surface area contributed by atoms with Crippen LogP contribution in [0.1, 0.15) is 30.5 Å². The number of hydrogen-bond acceptors (Lipinski definition) is 5. The van der Waals surface area contributed by atoms with Crippen LogP contribution in [0.5, 0.6) is 11.5 Å². The highest BCUT2D eigenvalue weighted by Gasteiger charge is 2.11. The number of hydrazone groups is 1. The first-order valence-electron chi connectivity index (χ1n) is 8.92. The monoisotopic (exact) mass is 384 g/mol. The molecule has 28 heavy (non-hydrogen) atoms. The second-order valence-corrected chi connectivity index (χ2v) is 6.26. The number of aliphatic carboxylic acids is 1. The Labute approximate surface area is 164 Å². The van der Waals surface area contributed by atoms with Crippen LogP contribution >= 0.6 is 0 Å². The van der Waals surface area contributed by atoms with Crippen molar-refractivity contribution in [3.05, 3.63) is 59.2 Å². The van der Waals surface area contributed by atoms with Crippen LogP contribution in [-0.4, -0.2) is 35.9 Å². The lowest BCUT2D eigenvalue weighted by Crippen LogP contribution is -2.24. The molecule has 0 saturated heterocycles. The fourth-order valence-corrected chi connectivity index (χ4v) is 2.36. The Bertz CT molecular complexity index is 846. The molecule has 0 aliphatic carbocycles. The molecule has 0 aromatic heterocycles. The van der Waals surface area contributed by atoms with Crippen molar-refractivity contribution in [1.82, 2.24) is 5.43 Å². The van der Waals surface area contributed by atoms with Gasteiger partial charge in [0.25, 0.3) is 5.91 Å². The summed E-state index contributed by atoms with van der Waals surface area (Å²) in [5, 5.41) is 12.7. The number of aryl methyl sites for hydroxylation is 2. The van der Waals surface area contributed by atoms with Crippen LogP contribution in [0.3, 0.4) is 0 Å². The molecule has 0 fully saturated rings. The lowest BCUT2D eigenvalue weighted by atomic mass is 10.1. The fraction of sp³-hybridized carbons (Fsp3) is 0.286. The van der Waals surface area contributed by atoms with E-state index < -0.39 is 12.1 Å². The van der Waals surface area contributed by atoms with Crippen molar-refractivity contribution >= 4 is 18.1 Å². The topological polar surface area (TPSA) is 97.2 Å². The molecule has 0 bridgehead atoms. The van der Waals surface area contributed by atoms with Gasteiger partial charge in [-0.05, 0) is 73.4 Å². The third-order valence-corrected chi connectivity index (χ3v) is 3.83. The molecule has 2 aromatic rings. The van der Waals surface area contributed by atoms with Crippen LogP contribution in [0.4, 0.5) is 0 Å². The predicted molar refractivity (Wildman–Crippen MR) is 106 cm³/mol. The molecule has 2 rings (SSSR count). The summed E-state index contributed by atoms with van der Waals surface area (Å²) in [7, 11) is 0. The molecule has 7 nitrogen and oxygen atoms in total. The van der Waals surface area contributed by atoms with E-state index in [4.69, 9.17) is 14.6 Å². The number of carboxylic acid groups (broad SMARTS) is 1. The molecule has 2 N–H and O–H groups in total. The smallest absolute Gasteiger partial charge is 0.344 e. The Kier molecular flexibility index (Phi) is 7.56. The van der Waals surface area contributed by atoms with Gasteiger partial charge in [-0.1, -0.05) is 13.0 Å². The maximum absolute atomic E-state index is 11.9. The van der Waals surface area contributed by atoms with Crippen LogP contribution in [-0.2, 0) is 16.0 Å². The summed E-state index contributed by atoms with van der Waals surface area (Å²) in [6, 6.07) is 12.5. The molecule has 0 aliphatic heterocycles. The largest absolute Gasteiger partial charge is 0.484 e. The second kappa shape index (κ2) is 10.1. The average Bonchev–Trinajstić information content (AvgIpc) is 2.67. The molecule has 7 heteroatoms. The third kappa shape index (κ3) is 6.75. The number of hydrogen-bond donors (Lipinski definition) is 2. The summed E-state index contributed by atoms with van der Waals surface area (Å²) in [5.74, 6) is -0.311. The van der Waals surface area contributed by atoms with E-state index in [2.05, 4.69) is 23.5 Å². The van der Waals surface area contributed by atoms with E-state index in [-0.39, 0.29) is 12.5 Å². The molecule has 148 valence electrons. The Morgan fingerprint density at radius 2 is 1.89 bits per heavy atom. The molecule has 1 amide bonds.